The van der Waals surface area contributed by atoms with Gasteiger partial charge in [-0.05, 0) is 78.0 Å². The van der Waals surface area contributed by atoms with Crippen molar-refractivity contribution in [2.45, 2.75) is 6.61 Å². The molecule has 1 aliphatic heterocycles. The number of hydrogen-bond donors (Lipinski definition) is 0. The second-order valence-corrected chi connectivity index (χ2v) is 9.82. The van der Waals surface area contributed by atoms with Gasteiger partial charge in [0.25, 0.3) is 5.91 Å². The van der Waals surface area contributed by atoms with Crippen LogP contribution in [-0.2, 0) is 20.9 Å². The quantitative estimate of drug-likeness (QED) is 0.174. The van der Waals surface area contributed by atoms with Gasteiger partial charge in [-0.2, -0.15) is 0 Å². The molecule has 0 N–H and O–H groups in total. The highest BCUT2D eigenvalue weighted by molar-refractivity contribution is 9.10. The number of rotatable bonds is 7. The molecule has 0 aliphatic carbocycles. The topological polar surface area (TPSA) is 59.1 Å². The molecule has 1 heterocycles. The average Bonchev–Trinajstić information content (AvgIpc) is 3.09. The lowest BCUT2D eigenvalue weighted by Gasteiger charge is -2.19. The van der Waals surface area contributed by atoms with E-state index in [-0.39, 0.29) is 17.4 Å². The van der Waals surface area contributed by atoms with Crippen LogP contribution >= 0.6 is 51.3 Å². The number of benzene rings is 3. The first-order chi connectivity index (χ1) is 17.3. The summed E-state index contributed by atoms with van der Waals surface area (Å²) in [7, 11) is 1.27. The van der Waals surface area contributed by atoms with Crippen molar-refractivity contribution in [1.29, 1.82) is 0 Å². The van der Waals surface area contributed by atoms with Gasteiger partial charge in [-0.15, -0.1) is 0 Å². The van der Waals surface area contributed by atoms with Gasteiger partial charge in [0, 0.05) is 9.50 Å². The normalized spacial score (nSPS) is 14.5. The maximum absolute atomic E-state index is 13.4. The van der Waals surface area contributed by atoms with E-state index in [1.54, 1.807) is 48.5 Å². The van der Waals surface area contributed by atoms with E-state index in [0.29, 0.717) is 33.7 Å². The molecule has 3 aromatic rings. The maximum Gasteiger partial charge on any atom is 0.325 e. The Labute approximate surface area is 232 Å². The SMILES string of the molecule is COC(=O)CN1C(=S)N(c2ccc(Cl)cc2)C(=O)/C1=C/c1ccc(OCc2ccc(Br)cc2)c(Cl)c1. The first kappa shape index (κ1) is 26.2. The number of amides is 1. The molecule has 0 radical (unpaired) electrons. The number of anilines is 1. The summed E-state index contributed by atoms with van der Waals surface area (Å²) in [6.07, 6.45) is 1.62. The first-order valence-electron chi connectivity index (χ1n) is 10.6. The fourth-order valence-corrected chi connectivity index (χ4v) is 4.45. The predicted octanol–water partition coefficient (Wildman–Crippen LogP) is 6.48. The zero-order valence-corrected chi connectivity index (χ0v) is 22.8. The van der Waals surface area contributed by atoms with E-state index in [0.717, 1.165) is 10.0 Å². The second kappa shape index (κ2) is 11.4. The number of thiocarbonyl (C=S) groups is 1. The van der Waals surface area contributed by atoms with Crippen LogP contribution in [0.3, 0.4) is 0 Å². The standard InChI is InChI=1S/C26H19BrCl2N2O4S/c1-34-24(32)14-30-22(25(33)31(26(30)36)20-9-7-19(28)8-10-20)13-17-4-11-23(21(29)12-17)35-15-16-2-5-18(27)6-3-16/h2-13H,14-15H2,1H3/b22-13-. The van der Waals surface area contributed by atoms with Crippen LogP contribution in [0.15, 0.2) is 76.9 Å². The summed E-state index contributed by atoms with van der Waals surface area (Å²) in [6, 6.07) is 19.6. The monoisotopic (exact) mass is 604 g/mol. The molecule has 3 aromatic carbocycles. The number of halogens is 3. The first-order valence-corrected chi connectivity index (χ1v) is 12.6. The molecule has 0 saturated carbocycles. The van der Waals surface area contributed by atoms with E-state index < -0.39 is 11.9 Å². The molecular formula is C26H19BrCl2N2O4S. The Morgan fingerprint density at radius 2 is 1.75 bits per heavy atom. The van der Waals surface area contributed by atoms with Crippen molar-refractivity contribution < 1.29 is 19.1 Å². The molecule has 4 rings (SSSR count). The van der Waals surface area contributed by atoms with E-state index >= 15 is 0 Å². The van der Waals surface area contributed by atoms with E-state index in [1.807, 2.05) is 24.3 Å². The highest BCUT2D eigenvalue weighted by atomic mass is 79.9. The third-order valence-electron chi connectivity index (χ3n) is 5.30. The molecule has 1 aliphatic rings. The van der Waals surface area contributed by atoms with Crippen LogP contribution in [-0.4, -0.2) is 35.5 Å². The minimum absolute atomic E-state index is 0.152. The molecule has 36 heavy (non-hydrogen) atoms. The number of carbonyl (C=O) groups is 2. The van der Waals surface area contributed by atoms with Gasteiger partial charge < -0.3 is 14.4 Å². The Morgan fingerprint density at radius 3 is 2.39 bits per heavy atom. The van der Waals surface area contributed by atoms with E-state index in [2.05, 4.69) is 15.9 Å². The number of nitrogens with zero attached hydrogens (tertiary/aromatic N) is 2. The van der Waals surface area contributed by atoms with Gasteiger partial charge in [0.05, 0.1) is 17.8 Å². The molecule has 0 unspecified atom stereocenters. The zero-order chi connectivity index (χ0) is 25.8. The number of esters is 1. The van der Waals surface area contributed by atoms with Gasteiger partial charge in [0.1, 0.15) is 24.6 Å². The summed E-state index contributed by atoms with van der Waals surface area (Å²) in [6.45, 7) is 0.127. The molecule has 1 amide bonds. The molecule has 1 fully saturated rings. The Balaban J connectivity index is 1.61. The molecule has 10 heteroatoms. The van der Waals surface area contributed by atoms with Gasteiger partial charge in [-0.3, -0.25) is 14.5 Å². The summed E-state index contributed by atoms with van der Waals surface area (Å²) >= 11 is 21.4. The van der Waals surface area contributed by atoms with Crippen LogP contribution in [0, 0.1) is 0 Å². The summed E-state index contributed by atoms with van der Waals surface area (Å²) in [4.78, 5) is 28.3. The van der Waals surface area contributed by atoms with Crippen molar-refractivity contribution in [2.75, 3.05) is 18.6 Å². The number of hydrogen-bond acceptors (Lipinski definition) is 5. The molecule has 0 atom stereocenters. The summed E-state index contributed by atoms with van der Waals surface area (Å²) in [5.74, 6) is -0.425. The molecule has 0 aromatic heterocycles. The van der Waals surface area contributed by atoms with Gasteiger partial charge in [0.15, 0.2) is 5.11 Å². The molecule has 6 nitrogen and oxygen atoms in total. The lowest BCUT2D eigenvalue weighted by Crippen LogP contribution is -2.35. The van der Waals surface area contributed by atoms with Crippen LogP contribution in [0.25, 0.3) is 6.08 Å². The fourth-order valence-electron chi connectivity index (χ4n) is 3.47. The molecule has 184 valence electrons. The van der Waals surface area contributed by atoms with Crippen LogP contribution in [0.2, 0.25) is 10.0 Å². The van der Waals surface area contributed by atoms with Crippen LogP contribution in [0.4, 0.5) is 5.69 Å². The van der Waals surface area contributed by atoms with Crippen molar-refractivity contribution in [3.8, 4) is 5.75 Å². The highest BCUT2D eigenvalue weighted by Crippen LogP contribution is 2.32. The lowest BCUT2D eigenvalue weighted by atomic mass is 10.1. The number of ether oxygens (including phenoxy) is 2. The van der Waals surface area contributed by atoms with Crippen molar-refractivity contribution in [3.63, 3.8) is 0 Å². The van der Waals surface area contributed by atoms with E-state index in [4.69, 9.17) is 44.9 Å². The van der Waals surface area contributed by atoms with E-state index in [1.165, 1.54) is 16.9 Å². The predicted molar refractivity (Wildman–Crippen MR) is 148 cm³/mol. The molecule has 1 saturated heterocycles. The van der Waals surface area contributed by atoms with Crippen LogP contribution in [0.5, 0.6) is 5.75 Å². The third-order valence-corrected chi connectivity index (χ3v) is 6.78. The average molecular weight is 606 g/mol. The van der Waals surface area contributed by atoms with Gasteiger partial charge in [0.2, 0.25) is 0 Å². The van der Waals surface area contributed by atoms with Crippen molar-refractivity contribution in [2.24, 2.45) is 0 Å². The van der Waals surface area contributed by atoms with E-state index in [9.17, 15) is 9.59 Å². The maximum atomic E-state index is 13.4. The summed E-state index contributed by atoms with van der Waals surface area (Å²) < 4.78 is 11.6. The van der Waals surface area contributed by atoms with Crippen molar-refractivity contribution in [3.05, 3.63) is 98.1 Å². The molecule has 0 spiro atoms. The fraction of sp³-hybridized carbons (Fsp3) is 0.115. The van der Waals surface area contributed by atoms with Gasteiger partial charge in [-0.1, -0.05) is 57.3 Å². The molecule has 0 bridgehead atoms. The molecular weight excluding hydrogens is 587 g/mol. The van der Waals surface area contributed by atoms with Crippen LogP contribution in [0.1, 0.15) is 11.1 Å². The third kappa shape index (κ3) is 5.90. The van der Waals surface area contributed by atoms with Crippen molar-refractivity contribution >= 4 is 80.1 Å². The summed E-state index contributed by atoms with van der Waals surface area (Å²) in [5, 5.41) is 1.05. The summed E-state index contributed by atoms with van der Waals surface area (Å²) in [5.41, 5.74) is 2.36. The Morgan fingerprint density at radius 1 is 1.06 bits per heavy atom. The number of methoxy groups -OCH3 is 1. The Bertz CT molecular complexity index is 1350. The van der Waals surface area contributed by atoms with Gasteiger partial charge in [-0.25, -0.2) is 0 Å². The minimum atomic E-state index is -0.538. The lowest BCUT2D eigenvalue weighted by molar-refractivity contribution is -0.140. The van der Waals surface area contributed by atoms with Crippen molar-refractivity contribution in [1.82, 2.24) is 4.90 Å². The Kier molecular flexibility index (Phi) is 8.31. The second-order valence-electron chi connectivity index (χ2n) is 7.70. The largest absolute Gasteiger partial charge is 0.487 e. The minimum Gasteiger partial charge on any atom is -0.487 e. The smallest absolute Gasteiger partial charge is 0.325 e. The highest BCUT2D eigenvalue weighted by Gasteiger charge is 2.40. The Hall–Kier alpha value is -2.91. The zero-order valence-electron chi connectivity index (χ0n) is 18.9. The van der Waals surface area contributed by atoms with Gasteiger partial charge >= 0.3 is 5.97 Å². The number of carbonyl (C=O) groups excluding carboxylic acids is 2. The van der Waals surface area contributed by atoms with Crippen LogP contribution < -0.4 is 9.64 Å².